The summed E-state index contributed by atoms with van der Waals surface area (Å²) in [6, 6.07) is 20.5. The molecule has 33 heavy (non-hydrogen) atoms. The molecule has 1 aliphatic heterocycles. The molecular formula is C25H23N3O4S. The van der Waals surface area contributed by atoms with Crippen molar-refractivity contribution in [3.05, 3.63) is 72.3 Å². The molecule has 4 aromatic rings. The second-order valence-corrected chi connectivity index (χ2v) is 8.88. The van der Waals surface area contributed by atoms with Crippen LogP contribution in [-0.2, 0) is 0 Å². The zero-order chi connectivity index (χ0) is 22.8. The molecule has 1 aromatic heterocycles. The number of anilines is 1. The highest BCUT2D eigenvalue weighted by atomic mass is 32.1. The van der Waals surface area contributed by atoms with Crippen LogP contribution in [0.4, 0.5) is 5.13 Å². The summed E-state index contributed by atoms with van der Waals surface area (Å²) in [7, 11) is 3.96. The van der Waals surface area contributed by atoms with E-state index < -0.39 is 0 Å². The van der Waals surface area contributed by atoms with Gasteiger partial charge in [0.05, 0.1) is 10.2 Å². The second kappa shape index (κ2) is 9.09. The molecule has 3 aromatic carbocycles. The standard InChI is InChI=1S/C25H23N3O4S/c1-27(2)12-13-28(25-26-20-14-21-22(31-16-30-21)15-23(20)33-25)24(29)17-8-10-19(11-9-17)32-18-6-4-3-5-7-18/h3-11,14-15H,12-13,16H2,1-2H3. The second-order valence-electron chi connectivity index (χ2n) is 7.87. The van der Waals surface area contributed by atoms with Gasteiger partial charge in [0.25, 0.3) is 5.91 Å². The number of rotatable bonds is 7. The van der Waals surface area contributed by atoms with Crippen molar-refractivity contribution < 1.29 is 19.0 Å². The first-order valence-electron chi connectivity index (χ1n) is 10.6. The van der Waals surface area contributed by atoms with Crippen LogP contribution in [0.1, 0.15) is 10.4 Å². The van der Waals surface area contributed by atoms with Crippen molar-refractivity contribution in [2.75, 3.05) is 38.9 Å². The number of fused-ring (bicyclic) bond motifs is 2. The number of likely N-dealkylation sites (N-methyl/N-ethyl adjacent to an activating group) is 1. The summed E-state index contributed by atoms with van der Waals surface area (Å²) in [6.45, 7) is 1.44. The highest BCUT2D eigenvalue weighted by Gasteiger charge is 2.23. The van der Waals surface area contributed by atoms with Crippen molar-refractivity contribution in [3.8, 4) is 23.0 Å². The van der Waals surface area contributed by atoms with Crippen molar-refractivity contribution in [2.45, 2.75) is 0 Å². The Morgan fingerprint density at radius 1 is 0.970 bits per heavy atom. The number of benzene rings is 3. The van der Waals surface area contributed by atoms with Gasteiger partial charge in [-0.2, -0.15) is 0 Å². The lowest BCUT2D eigenvalue weighted by atomic mass is 10.2. The van der Waals surface area contributed by atoms with Gasteiger partial charge in [0.2, 0.25) is 6.79 Å². The van der Waals surface area contributed by atoms with Crippen LogP contribution in [0, 0.1) is 0 Å². The van der Waals surface area contributed by atoms with E-state index >= 15 is 0 Å². The summed E-state index contributed by atoms with van der Waals surface area (Å²) in [6.07, 6.45) is 0. The topological polar surface area (TPSA) is 64.1 Å². The van der Waals surface area contributed by atoms with E-state index in [1.54, 1.807) is 17.0 Å². The Morgan fingerprint density at radius 3 is 2.39 bits per heavy atom. The zero-order valence-electron chi connectivity index (χ0n) is 18.4. The molecule has 0 saturated carbocycles. The zero-order valence-corrected chi connectivity index (χ0v) is 19.2. The van der Waals surface area contributed by atoms with E-state index in [-0.39, 0.29) is 12.7 Å². The number of thiazole rings is 1. The van der Waals surface area contributed by atoms with E-state index in [0.29, 0.717) is 41.0 Å². The molecule has 168 valence electrons. The van der Waals surface area contributed by atoms with E-state index in [1.165, 1.54) is 11.3 Å². The van der Waals surface area contributed by atoms with Crippen LogP contribution in [0.25, 0.3) is 10.2 Å². The monoisotopic (exact) mass is 461 g/mol. The fourth-order valence-electron chi connectivity index (χ4n) is 3.45. The highest BCUT2D eigenvalue weighted by molar-refractivity contribution is 7.22. The van der Waals surface area contributed by atoms with Crippen LogP contribution in [0.3, 0.4) is 0 Å². The number of amides is 1. The number of nitrogens with zero attached hydrogens (tertiary/aromatic N) is 3. The van der Waals surface area contributed by atoms with E-state index in [0.717, 1.165) is 16.0 Å². The predicted molar refractivity (Wildman–Crippen MR) is 129 cm³/mol. The molecule has 1 amide bonds. The van der Waals surface area contributed by atoms with Crippen LogP contribution >= 0.6 is 11.3 Å². The third kappa shape index (κ3) is 4.62. The van der Waals surface area contributed by atoms with Gasteiger partial charge in [-0.15, -0.1) is 0 Å². The van der Waals surface area contributed by atoms with Crippen LogP contribution in [-0.4, -0.2) is 49.8 Å². The average Bonchev–Trinajstić information content (AvgIpc) is 3.44. The molecule has 7 nitrogen and oxygen atoms in total. The fraction of sp³-hybridized carbons (Fsp3) is 0.200. The predicted octanol–water partition coefficient (Wildman–Crippen LogP) is 5.03. The SMILES string of the molecule is CN(C)CCN(C(=O)c1ccc(Oc2ccccc2)cc1)c1nc2cc3c(cc2s1)OCO3. The van der Waals surface area contributed by atoms with E-state index in [2.05, 4.69) is 0 Å². The van der Waals surface area contributed by atoms with Gasteiger partial charge < -0.3 is 19.1 Å². The van der Waals surface area contributed by atoms with Gasteiger partial charge in [0.1, 0.15) is 11.5 Å². The molecular weight excluding hydrogens is 438 g/mol. The number of aromatic nitrogens is 1. The Hall–Kier alpha value is -3.62. The molecule has 0 bridgehead atoms. The van der Waals surface area contributed by atoms with Gasteiger partial charge >= 0.3 is 0 Å². The molecule has 0 spiro atoms. The Kier molecular flexibility index (Phi) is 5.85. The average molecular weight is 462 g/mol. The van der Waals surface area contributed by atoms with Gasteiger partial charge in [0.15, 0.2) is 16.6 Å². The van der Waals surface area contributed by atoms with Gasteiger partial charge in [-0.1, -0.05) is 29.5 Å². The molecule has 0 fully saturated rings. The minimum Gasteiger partial charge on any atom is -0.457 e. The van der Waals surface area contributed by atoms with Gasteiger partial charge in [-0.25, -0.2) is 4.98 Å². The van der Waals surface area contributed by atoms with Crippen molar-refractivity contribution in [1.29, 1.82) is 0 Å². The number of hydrogen-bond acceptors (Lipinski definition) is 7. The van der Waals surface area contributed by atoms with Crippen molar-refractivity contribution >= 4 is 32.6 Å². The maximum absolute atomic E-state index is 13.5. The number of ether oxygens (including phenoxy) is 3. The third-order valence-electron chi connectivity index (χ3n) is 5.20. The molecule has 1 aliphatic rings. The van der Waals surface area contributed by atoms with E-state index in [9.17, 15) is 4.79 Å². The Balaban J connectivity index is 1.41. The molecule has 0 N–H and O–H groups in total. The number of carbonyl (C=O) groups excluding carboxylic acids is 1. The van der Waals surface area contributed by atoms with Gasteiger partial charge in [-0.3, -0.25) is 9.69 Å². The summed E-state index contributed by atoms with van der Waals surface area (Å²) in [5.41, 5.74) is 1.36. The molecule has 0 atom stereocenters. The Bertz CT molecular complexity index is 1230. The van der Waals surface area contributed by atoms with Crippen LogP contribution < -0.4 is 19.1 Å². The lowest BCUT2D eigenvalue weighted by molar-refractivity contribution is 0.0985. The molecule has 0 radical (unpaired) electrons. The first-order valence-corrected chi connectivity index (χ1v) is 11.4. The van der Waals surface area contributed by atoms with Crippen LogP contribution in [0.15, 0.2) is 66.7 Å². The minimum atomic E-state index is -0.109. The summed E-state index contributed by atoms with van der Waals surface area (Å²) in [4.78, 5) is 22.0. The number of para-hydroxylation sites is 1. The lowest BCUT2D eigenvalue weighted by Gasteiger charge is -2.22. The maximum Gasteiger partial charge on any atom is 0.260 e. The van der Waals surface area contributed by atoms with E-state index in [4.69, 9.17) is 19.2 Å². The summed E-state index contributed by atoms with van der Waals surface area (Å²) >= 11 is 1.47. The fourth-order valence-corrected chi connectivity index (χ4v) is 4.45. The smallest absolute Gasteiger partial charge is 0.260 e. The van der Waals surface area contributed by atoms with Crippen LogP contribution in [0.2, 0.25) is 0 Å². The quantitative estimate of drug-likeness (QED) is 0.385. The van der Waals surface area contributed by atoms with Crippen LogP contribution in [0.5, 0.6) is 23.0 Å². The number of hydrogen-bond donors (Lipinski definition) is 0. The first kappa shape index (κ1) is 21.2. The molecule has 0 unspecified atom stereocenters. The Morgan fingerprint density at radius 2 is 1.67 bits per heavy atom. The van der Waals surface area contributed by atoms with E-state index in [1.807, 2.05) is 73.6 Å². The molecule has 5 rings (SSSR count). The molecule has 0 saturated heterocycles. The van der Waals surface area contributed by atoms with Gasteiger partial charge in [-0.05, 0) is 50.5 Å². The highest BCUT2D eigenvalue weighted by Crippen LogP contribution is 2.40. The summed E-state index contributed by atoms with van der Waals surface area (Å²) in [5.74, 6) is 2.70. The number of carbonyl (C=O) groups is 1. The van der Waals surface area contributed by atoms with Gasteiger partial charge in [0, 0.05) is 30.8 Å². The maximum atomic E-state index is 13.5. The van der Waals surface area contributed by atoms with Crippen molar-refractivity contribution in [2.24, 2.45) is 0 Å². The third-order valence-corrected chi connectivity index (χ3v) is 6.24. The summed E-state index contributed by atoms with van der Waals surface area (Å²) in [5, 5.41) is 0.644. The lowest BCUT2D eigenvalue weighted by Crippen LogP contribution is -2.36. The molecule has 0 aliphatic carbocycles. The molecule has 8 heteroatoms. The van der Waals surface area contributed by atoms with Crippen molar-refractivity contribution in [3.63, 3.8) is 0 Å². The van der Waals surface area contributed by atoms with Crippen molar-refractivity contribution in [1.82, 2.24) is 9.88 Å². The normalized spacial score (nSPS) is 12.3. The Labute approximate surface area is 195 Å². The minimum absolute atomic E-state index is 0.109. The summed E-state index contributed by atoms with van der Waals surface area (Å²) < 4.78 is 17.8. The molecule has 2 heterocycles. The largest absolute Gasteiger partial charge is 0.457 e. The first-order chi connectivity index (χ1) is 16.1.